The fourth-order valence-electron chi connectivity index (χ4n) is 2.60. The summed E-state index contributed by atoms with van der Waals surface area (Å²) in [4.78, 5) is 16.0. The van der Waals surface area contributed by atoms with Gasteiger partial charge in [-0.15, -0.1) is 0 Å². The molecule has 0 saturated carbocycles. The van der Waals surface area contributed by atoms with Gasteiger partial charge in [-0.2, -0.15) is 4.98 Å². The van der Waals surface area contributed by atoms with Crippen LogP contribution >= 0.6 is 0 Å². The fraction of sp³-hybridized carbons (Fsp3) is 0.375. The first kappa shape index (κ1) is 13.7. The van der Waals surface area contributed by atoms with Gasteiger partial charge >= 0.3 is 0 Å². The zero-order chi connectivity index (χ0) is 14.8. The summed E-state index contributed by atoms with van der Waals surface area (Å²) in [6, 6.07) is 7.89. The Hall–Kier alpha value is -2.30. The van der Waals surface area contributed by atoms with Crippen LogP contribution in [0.5, 0.6) is 0 Å². The zero-order valence-corrected chi connectivity index (χ0v) is 12.1. The summed E-state index contributed by atoms with van der Waals surface area (Å²) >= 11 is 0. The van der Waals surface area contributed by atoms with Crippen LogP contribution in [-0.2, 0) is 0 Å². The summed E-state index contributed by atoms with van der Waals surface area (Å²) < 4.78 is 4.47. The summed E-state index contributed by atoms with van der Waals surface area (Å²) in [6.07, 6.45) is 3.92. The van der Waals surface area contributed by atoms with Crippen LogP contribution in [0.4, 0.5) is 11.7 Å². The number of nitrogens with two attached hydrogens (primary N) is 1. The summed E-state index contributed by atoms with van der Waals surface area (Å²) in [5.74, 6) is 0.930. The monoisotopic (exact) mass is 285 g/mol. The maximum absolute atomic E-state index is 10.2. The van der Waals surface area contributed by atoms with Crippen LogP contribution < -0.4 is 16.2 Å². The molecule has 0 atom stereocenters. The van der Waals surface area contributed by atoms with Crippen LogP contribution in [0, 0.1) is 5.92 Å². The van der Waals surface area contributed by atoms with Gasteiger partial charge in [-0.05, 0) is 36.5 Å². The summed E-state index contributed by atoms with van der Waals surface area (Å²) in [5.41, 5.74) is 9.06. The van der Waals surface area contributed by atoms with E-state index in [0.717, 1.165) is 5.92 Å². The molecule has 0 aromatic carbocycles. The maximum atomic E-state index is 10.2. The van der Waals surface area contributed by atoms with Crippen LogP contribution in [0.25, 0.3) is 11.1 Å². The minimum atomic E-state index is -0.381. The number of benzene rings is 1. The fourth-order valence-corrected chi connectivity index (χ4v) is 2.60. The third-order valence-corrected chi connectivity index (χ3v) is 3.97. The van der Waals surface area contributed by atoms with Gasteiger partial charge in [0, 0.05) is 30.4 Å². The summed E-state index contributed by atoms with van der Waals surface area (Å²) in [6.45, 7) is 4.87. The molecule has 21 heavy (non-hydrogen) atoms. The predicted molar refractivity (Wildman–Crippen MR) is 83.2 cm³/mol. The van der Waals surface area contributed by atoms with Crippen molar-refractivity contribution in [2.24, 2.45) is 5.92 Å². The lowest BCUT2D eigenvalue weighted by Gasteiger charge is -2.31. The molecule has 1 aromatic heterocycles. The lowest BCUT2D eigenvalue weighted by atomic mass is 9.99. The first-order chi connectivity index (χ1) is 10.1. The van der Waals surface area contributed by atoms with Crippen molar-refractivity contribution >= 4 is 11.7 Å². The van der Waals surface area contributed by atoms with E-state index in [9.17, 15) is 4.79 Å². The highest BCUT2D eigenvalue weighted by Crippen LogP contribution is 2.44. The largest absolute Gasteiger partial charge is 0.434 e. The second-order valence-electron chi connectivity index (χ2n) is 5.61. The van der Waals surface area contributed by atoms with Crippen LogP contribution in [-0.4, -0.2) is 18.1 Å². The molecule has 0 unspecified atom stereocenters. The highest BCUT2D eigenvalue weighted by atomic mass is 16.3. The molecular weight excluding hydrogens is 266 g/mol. The van der Waals surface area contributed by atoms with Crippen molar-refractivity contribution in [2.75, 3.05) is 23.7 Å². The maximum Gasteiger partial charge on any atom is 0.295 e. The normalized spacial score (nSPS) is 16.1. The van der Waals surface area contributed by atoms with Crippen molar-refractivity contribution < 1.29 is 4.42 Å². The second-order valence-corrected chi connectivity index (χ2v) is 5.61. The van der Waals surface area contributed by atoms with Crippen LogP contribution in [0.3, 0.4) is 0 Å². The standard InChI is InChI=1S/C12H15N.C4H4N2O2/c1-9-4-6-13(7-5-9)12-3-2-10-8-11(10)12;5-4-6-3(7)1-2-8-4/h2-3,8-9H,4-7H2,1H3;1-2H,(H2,5,6,7). The van der Waals surface area contributed by atoms with Gasteiger partial charge in [-0.3, -0.25) is 4.79 Å². The Morgan fingerprint density at radius 1 is 1.29 bits per heavy atom. The van der Waals surface area contributed by atoms with E-state index in [-0.39, 0.29) is 11.6 Å². The summed E-state index contributed by atoms with van der Waals surface area (Å²) in [5, 5.41) is 0. The molecular formula is C16H19N3O2. The molecule has 2 heterocycles. The van der Waals surface area contributed by atoms with Crippen molar-refractivity contribution in [3.8, 4) is 11.1 Å². The van der Waals surface area contributed by atoms with E-state index in [1.54, 1.807) is 0 Å². The van der Waals surface area contributed by atoms with Crippen molar-refractivity contribution in [3.63, 3.8) is 0 Å². The molecule has 0 spiro atoms. The SMILES string of the molecule is CC1CCN(c2ccc3cc2-3)CC1.Nc1nc(=O)cco1. The molecule has 2 aliphatic carbocycles. The van der Waals surface area contributed by atoms with Crippen molar-refractivity contribution in [1.29, 1.82) is 0 Å². The van der Waals surface area contributed by atoms with Crippen LogP contribution in [0.15, 0.2) is 39.7 Å². The molecule has 1 aromatic rings. The highest BCUT2D eigenvalue weighted by molar-refractivity contribution is 5.93. The lowest BCUT2D eigenvalue weighted by molar-refractivity contribution is 0.439. The number of hydrogen-bond donors (Lipinski definition) is 1. The van der Waals surface area contributed by atoms with Crippen molar-refractivity contribution in [2.45, 2.75) is 19.8 Å². The van der Waals surface area contributed by atoms with Gasteiger partial charge in [0.1, 0.15) is 6.26 Å². The quantitative estimate of drug-likeness (QED) is 0.743. The average molecular weight is 285 g/mol. The van der Waals surface area contributed by atoms with Crippen LogP contribution in [0.1, 0.15) is 19.8 Å². The Labute approximate surface area is 123 Å². The molecule has 0 bridgehead atoms. The zero-order valence-electron chi connectivity index (χ0n) is 12.1. The third-order valence-electron chi connectivity index (χ3n) is 3.97. The van der Waals surface area contributed by atoms with Gasteiger partial charge in [-0.1, -0.05) is 13.0 Å². The molecule has 2 N–H and O–H groups in total. The van der Waals surface area contributed by atoms with Gasteiger partial charge < -0.3 is 15.1 Å². The number of aromatic nitrogens is 1. The second kappa shape index (κ2) is 5.60. The number of nitrogens with zero attached hydrogens (tertiary/aromatic N) is 2. The average Bonchev–Trinajstić information content (AvgIpc) is 3.12. The molecule has 3 aliphatic rings. The Bertz CT molecular complexity index is 688. The Balaban J connectivity index is 0.000000143. The number of hydrogen-bond acceptors (Lipinski definition) is 5. The van der Waals surface area contributed by atoms with Gasteiger partial charge in [0.05, 0.1) is 0 Å². The first-order valence-electron chi connectivity index (χ1n) is 7.24. The Morgan fingerprint density at radius 3 is 2.52 bits per heavy atom. The highest BCUT2D eigenvalue weighted by Gasteiger charge is 2.23. The Kier molecular flexibility index (Phi) is 3.64. The van der Waals surface area contributed by atoms with E-state index in [0.29, 0.717) is 0 Å². The van der Waals surface area contributed by atoms with E-state index >= 15 is 0 Å². The molecule has 1 aliphatic heterocycles. The van der Waals surface area contributed by atoms with E-state index in [4.69, 9.17) is 5.73 Å². The number of nitrogen functional groups attached to an aromatic ring is 1. The predicted octanol–water partition coefficient (Wildman–Crippen LogP) is 2.52. The smallest absolute Gasteiger partial charge is 0.295 e. The first-order valence-corrected chi connectivity index (χ1v) is 7.24. The van der Waals surface area contributed by atoms with Gasteiger partial charge in [0.25, 0.3) is 11.6 Å². The van der Waals surface area contributed by atoms with Gasteiger partial charge in [-0.25, -0.2) is 0 Å². The molecule has 0 amide bonds. The molecule has 5 heteroatoms. The minimum absolute atomic E-state index is 0.0995. The Morgan fingerprint density at radius 2 is 2.05 bits per heavy atom. The molecule has 1 fully saturated rings. The number of fused-ring (bicyclic) bond motifs is 1. The van der Waals surface area contributed by atoms with E-state index in [2.05, 4.69) is 39.4 Å². The van der Waals surface area contributed by atoms with E-state index in [1.807, 2.05) is 0 Å². The van der Waals surface area contributed by atoms with Crippen molar-refractivity contribution in [1.82, 2.24) is 4.98 Å². The number of anilines is 2. The third kappa shape index (κ3) is 3.24. The van der Waals surface area contributed by atoms with Gasteiger partial charge in [0.15, 0.2) is 0 Å². The molecule has 5 nitrogen and oxygen atoms in total. The topological polar surface area (TPSA) is 72.4 Å². The van der Waals surface area contributed by atoms with E-state index < -0.39 is 0 Å². The van der Waals surface area contributed by atoms with Gasteiger partial charge in [0.2, 0.25) is 0 Å². The lowest BCUT2D eigenvalue weighted by Crippen LogP contribution is -2.32. The summed E-state index contributed by atoms with van der Waals surface area (Å²) in [7, 11) is 0. The minimum Gasteiger partial charge on any atom is -0.434 e. The van der Waals surface area contributed by atoms with Crippen molar-refractivity contribution in [3.05, 3.63) is 40.9 Å². The number of rotatable bonds is 1. The molecule has 1 saturated heterocycles. The number of piperidine rings is 1. The molecule has 0 radical (unpaired) electrons. The van der Waals surface area contributed by atoms with Crippen LogP contribution in [0.2, 0.25) is 0 Å². The molecule has 110 valence electrons. The molecule has 4 rings (SSSR count). The van der Waals surface area contributed by atoms with E-state index in [1.165, 1.54) is 55.1 Å².